The Hall–Kier alpha value is -4.11. The molecule has 4 aromatic rings. The Morgan fingerprint density at radius 1 is 1.05 bits per heavy atom. The number of nitrogens with zero attached hydrogens (tertiary/aromatic N) is 2. The normalized spacial score (nSPS) is 16.5. The number of aliphatic carboxylic acids is 1. The molecule has 0 amide bonds. The number of aliphatic hydroxyl groups excluding tert-OH is 1. The summed E-state index contributed by atoms with van der Waals surface area (Å²) in [6.07, 6.45) is 2.17. The van der Waals surface area contributed by atoms with E-state index < -0.39 is 17.5 Å². The first kappa shape index (κ1) is 25.2. The van der Waals surface area contributed by atoms with E-state index in [9.17, 15) is 15.0 Å². The highest BCUT2D eigenvalue weighted by Gasteiger charge is 2.51. The van der Waals surface area contributed by atoms with Crippen molar-refractivity contribution in [3.63, 3.8) is 0 Å². The molecule has 1 aliphatic heterocycles. The van der Waals surface area contributed by atoms with Crippen molar-refractivity contribution in [3.8, 4) is 22.5 Å². The van der Waals surface area contributed by atoms with E-state index >= 15 is 0 Å². The monoisotopic (exact) mass is 542 g/mol. The maximum absolute atomic E-state index is 11.6. The van der Waals surface area contributed by atoms with Gasteiger partial charge in [0.1, 0.15) is 6.10 Å². The highest BCUT2D eigenvalue weighted by Crippen LogP contribution is 2.48. The zero-order chi connectivity index (χ0) is 27.1. The number of aromatic nitrogens is 1. The number of rotatable bonds is 8. The van der Waals surface area contributed by atoms with Crippen LogP contribution in [0.15, 0.2) is 89.2 Å². The number of aliphatic hydroxyl groups is 1. The zero-order valence-corrected chi connectivity index (χ0v) is 21.9. The minimum Gasteiger partial charge on any atom is -0.481 e. The predicted octanol–water partition coefficient (Wildman–Crippen LogP) is 5.49. The third-order valence-corrected chi connectivity index (χ3v) is 7.86. The minimum absolute atomic E-state index is 0.492. The highest BCUT2D eigenvalue weighted by atomic mass is 35.5. The van der Waals surface area contributed by atoms with Crippen LogP contribution in [0.25, 0.3) is 22.5 Å². The van der Waals surface area contributed by atoms with Crippen molar-refractivity contribution in [3.05, 3.63) is 112 Å². The second-order valence-electron chi connectivity index (χ2n) is 10.00. The molecule has 2 heterocycles. The first-order valence-electron chi connectivity index (χ1n) is 12.7. The Bertz CT molecular complexity index is 1560. The quantitative estimate of drug-likeness (QED) is 0.231. The van der Waals surface area contributed by atoms with Gasteiger partial charge in [-0.25, -0.2) is 0 Å². The fraction of sp³-hybridized carbons (Fsp3) is 0.200. The first-order chi connectivity index (χ1) is 18.9. The van der Waals surface area contributed by atoms with E-state index in [1.165, 1.54) is 0 Å². The molecule has 2 aliphatic rings. The number of benzene rings is 3. The van der Waals surface area contributed by atoms with E-state index in [1.54, 1.807) is 13.1 Å². The largest absolute Gasteiger partial charge is 0.481 e. The van der Waals surface area contributed by atoms with Crippen LogP contribution in [-0.2, 0) is 16.8 Å². The maximum Gasteiger partial charge on any atom is 0.314 e. The summed E-state index contributed by atoms with van der Waals surface area (Å²) in [5.74, 6) is -0.265. The van der Waals surface area contributed by atoms with Crippen LogP contribution in [0.3, 0.4) is 0 Å². The minimum atomic E-state index is -0.994. The number of nitrogens with one attached hydrogen (secondary N) is 2. The van der Waals surface area contributed by atoms with Gasteiger partial charge in [-0.05, 0) is 48.1 Å². The van der Waals surface area contributed by atoms with Gasteiger partial charge in [0.2, 0.25) is 0 Å². The Morgan fingerprint density at radius 2 is 1.69 bits per heavy atom. The average Bonchev–Trinajstić information content (AvgIpc) is 3.49. The van der Waals surface area contributed by atoms with Crippen LogP contribution in [0, 0.1) is 6.92 Å². The van der Waals surface area contributed by atoms with Gasteiger partial charge in [-0.15, -0.1) is 5.53 Å². The number of carbonyl (C=O) groups is 1. The molecule has 39 heavy (non-hydrogen) atoms. The number of hydrogen-bond donors (Lipinski definition) is 4. The Balaban J connectivity index is 1.20. The van der Waals surface area contributed by atoms with Crippen LogP contribution in [0.2, 0.25) is 5.02 Å². The van der Waals surface area contributed by atoms with Gasteiger partial charge in [0, 0.05) is 16.8 Å². The zero-order valence-electron chi connectivity index (χ0n) is 21.2. The molecular weight excluding hydrogens is 516 g/mol. The molecule has 0 bridgehead atoms. The molecule has 198 valence electrons. The van der Waals surface area contributed by atoms with Crippen molar-refractivity contribution in [2.24, 2.45) is 0 Å². The van der Waals surface area contributed by atoms with Crippen LogP contribution in [0.1, 0.15) is 41.3 Å². The third kappa shape index (κ3) is 4.67. The summed E-state index contributed by atoms with van der Waals surface area (Å²) in [5, 5.41) is 27.4. The van der Waals surface area contributed by atoms with Crippen molar-refractivity contribution in [2.45, 2.75) is 37.8 Å². The summed E-state index contributed by atoms with van der Waals surface area (Å²) in [6, 6.07) is 23.1. The Kier molecular flexibility index (Phi) is 6.38. The number of halogens is 1. The topological polar surface area (TPSA) is 111 Å². The smallest absolute Gasteiger partial charge is 0.314 e. The second-order valence-corrected chi connectivity index (χ2v) is 10.4. The van der Waals surface area contributed by atoms with E-state index in [0.29, 0.717) is 47.1 Å². The first-order valence-corrected chi connectivity index (χ1v) is 13.1. The molecule has 0 spiro atoms. The molecule has 0 unspecified atom stereocenters. The van der Waals surface area contributed by atoms with Crippen molar-refractivity contribution in [2.75, 3.05) is 0 Å². The summed E-state index contributed by atoms with van der Waals surface area (Å²) < 4.78 is 5.66. The Labute approximate surface area is 230 Å². The van der Waals surface area contributed by atoms with Crippen LogP contribution >= 0.6 is 11.6 Å². The van der Waals surface area contributed by atoms with Gasteiger partial charge in [0.05, 0.1) is 28.9 Å². The number of carboxylic acids is 1. The molecule has 0 saturated heterocycles. The van der Waals surface area contributed by atoms with E-state index in [1.807, 2.05) is 77.8 Å². The van der Waals surface area contributed by atoms with Gasteiger partial charge in [-0.1, -0.05) is 83.5 Å². The van der Waals surface area contributed by atoms with Crippen molar-refractivity contribution >= 4 is 17.6 Å². The number of aryl methyl sites for hydroxylation is 1. The van der Waals surface area contributed by atoms with Crippen molar-refractivity contribution in [1.82, 2.24) is 21.1 Å². The van der Waals surface area contributed by atoms with Gasteiger partial charge in [0.25, 0.3) is 0 Å². The van der Waals surface area contributed by atoms with Crippen molar-refractivity contribution < 1.29 is 19.5 Å². The summed E-state index contributed by atoms with van der Waals surface area (Å²) >= 11 is 6.29. The molecule has 6 rings (SSSR count). The molecule has 0 radical (unpaired) electrons. The van der Waals surface area contributed by atoms with Crippen LogP contribution in [0.5, 0.6) is 0 Å². The molecule has 1 aromatic heterocycles. The molecule has 1 aliphatic carbocycles. The lowest BCUT2D eigenvalue weighted by atomic mass is 9.93. The second kappa shape index (κ2) is 9.89. The van der Waals surface area contributed by atoms with Crippen LogP contribution < -0.4 is 11.0 Å². The van der Waals surface area contributed by atoms with E-state index in [0.717, 1.165) is 27.8 Å². The van der Waals surface area contributed by atoms with Crippen LogP contribution in [-0.4, -0.2) is 26.3 Å². The average molecular weight is 543 g/mol. The molecule has 8 nitrogen and oxygen atoms in total. The van der Waals surface area contributed by atoms with Gasteiger partial charge in [-0.2, -0.15) is 0 Å². The number of hydrazine groups is 2. The molecule has 1 atom stereocenters. The van der Waals surface area contributed by atoms with Crippen LogP contribution in [0.4, 0.5) is 0 Å². The fourth-order valence-corrected chi connectivity index (χ4v) is 5.21. The molecule has 3 aromatic carbocycles. The third-order valence-electron chi connectivity index (χ3n) is 7.49. The highest BCUT2D eigenvalue weighted by molar-refractivity contribution is 6.31. The van der Waals surface area contributed by atoms with Gasteiger partial charge in [0.15, 0.2) is 5.76 Å². The molecular formula is C30H27ClN4O4. The molecule has 9 heteroatoms. The molecule has 4 N–H and O–H groups in total. The summed E-state index contributed by atoms with van der Waals surface area (Å²) in [4.78, 5) is 11.6. The summed E-state index contributed by atoms with van der Waals surface area (Å²) in [5.41, 5.74) is 11.7. The summed E-state index contributed by atoms with van der Waals surface area (Å²) in [7, 11) is 0. The van der Waals surface area contributed by atoms with Crippen molar-refractivity contribution in [1.29, 1.82) is 0 Å². The van der Waals surface area contributed by atoms with E-state index in [-0.39, 0.29) is 0 Å². The number of hydrogen-bond acceptors (Lipinski definition) is 7. The van der Waals surface area contributed by atoms with E-state index in [2.05, 4.69) is 16.1 Å². The SMILES string of the molecule is Cc1noc(-c2ccc(-c3ccc(C4(C(=O)O)CC4)cc3)cc2)c1[C@@H](O)C1=CN(Cc2ccccc2Cl)NN1. The van der Waals surface area contributed by atoms with Gasteiger partial charge >= 0.3 is 5.97 Å². The summed E-state index contributed by atoms with van der Waals surface area (Å²) in [6.45, 7) is 2.31. The standard InChI is InChI=1S/C30H27ClN4O4/c1-18-26(27(36)25-17-35(34-32-25)16-22-4-2-3-5-24(22)31)28(39-33-18)21-8-6-19(7-9-21)20-10-12-23(13-11-20)30(14-15-30)29(37)38/h2-13,17,27,32,34,36H,14-16H2,1H3,(H,37,38)/t27-/m0/s1. The van der Waals surface area contributed by atoms with Gasteiger partial charge < -0.3 is 20.2 Å². The molecule has 1 saturated carbocycles. The predicted molar refractivity (Wildman–Crippen MR) is 147 cm³/mol. The molecule has 1 fully saturated rings. The lowest BCUT2D eigenvalue weighted by molar-refractivity contribution is -0.140. The number of carboxylic acid groups (broad SMARTS) is 1. The fourth-order valence-electron chi connectivity index (χ4n) is 5.01. The lowest BCUT2D eigenvalue weighted by Crippen LogP contribution is -2.36. The maximum atomic E-state index is 11.6. The van der Waals surface area contributed by atoms with Gasteiger partial charge in [-0.3, -0.25) is 9.80 Å². The lowest BCUT2D eigenvalue weighted by Gasteiger charge is -2.15. The van der Waals surface area contributed by atoms with E-state index in [4.69, 9.17) is 16.1 Å². The Morgan fingerprint density at radius 3 is 2.33 bits per heavy atom.